The molecule has 0 bridgehead atoms. The van der Waals surface area contributed by atoms with Crippen LogP contribution >= 0.6 is 11.6 Å². The van der Waals surface area contributed by atoms with Gasteiger partial charge in [0.15, 0.2) is 0 Å². The van der Waals surface area contributed by atoms with Gasteiger partial charge in [-0.25, -0.2) is 4.98 Å². The van der Waals surface area contributed by atoms with Crippen LogP contribution in [0.25, 0.3) is 0 Å². The van der Waals surface area contributed by atoms with Crippen LogP contribution in [-0.4, -0.2) is 43.4 Å². The number of nitrogens with one attached hydrogen (secondary N) is 1. The lowest BCUT2D eigenvalue weighted by molar-refractivity contribution is -0.0148. The molecular weight excluding hydrogens is 292 g/mol. The maximum absolute atomic E-state index is 12.3. The highest BCUT2D eigenvalue weighted by Gasteiger charge is 2.35. The van der Waals surface area contributed by atoms with Crippen molar-refractivity contribution in [3.63, 3.8) is 0 Å². The Bertz CT molecular complexity index is 514. The minimum atomic E-state index is -0.423. The average Bonchev–Trinajstić information content (AvgIpc) is 2.93. The Labute approximate surface area is 130 Å². The summed E-state index contributed by atoms with van der Waals surface area (Å²) >= 11 is 5.98. The maximum Gasteiger partial charge on any atom is 0.251 e. The number of ether oxygens (including phenoxy) is 2. The fourth-order valence-corrected chi connectivity index (χ4v) is 2.46. The van der Waals surface area contributed by atoms with E-state index < -0.39 is 5.60 Å². The van der Waals surface area contributed by atoms with Gasteiger partial charge in [-0.1, -0.05) is 25.4 Å². The third-order valence-electron chi connectivity index (χ3n) is 3.74. The third-order valence-corrected chi connectivity index (χ3v) is 3.93. The van der Waals surface area contributed by atoms with Crippen molar-refractivity contribution in [2.24, 2.45) is 0 Å². The van der Waals surface area contributed by atoms with E-state index in [0.717, 1.165) is 12.1 Å². The summed E-state index contributed by atoms with van der Waals surface area (Å²) in [5, 5.41) is 3.23. The van der Waals surface area contributed by atoms with Crippen LogP contribution in [0.3, 0.4) is 0 Å². The van der Waals surface area contributed by atoms with Crippen LogP contribution in [0.4, 0.5) is 0 Å². The van der Waals surface area contributed by atoms with E-state index >= 15 is 0 Å². The fraction of sp³-hybridized carbons (Fsp3) is 0.600. The second-order valence-corrected chi connectivity index (χ2v) is 6.02. The van der Waals surface area contributed by atoms with Gasteiger partial charge in [0.05, 0.1) is 6.61 Å². The zero-order valence-corrected chi connectivity index (χ0v) is 13.4. The second kappa shape index (κ2) is 6.73. The summed E-state index contributed by atoms with van der Waals surface area (Å²) in [4.78, 5) is 16.5. The first-order chi connectivity index (χ1) is 9.96. The minimum absolute atomic E-state index is 0.176. The Morgan fingerprint density at radius 1 is 1.57 bits per heavy atom. The van der Waals surface area contributed by atoms with Crippen LogP contribution in [0, 0.1) is 0 Å². The average molecular weight is 313 g/mol. The summed E-state index contributed by atoms with van der Waals surface area (Å²) in [6, 6.07) is 3.35. The van der Waals surface area contributed by atoms with Crippen molar-refractivity contribution in [1.82, 2.24) is 10.3 Å². The number of nitrogens with zero attached hydrogens (tertiary/aromatic N) is 1. The first kappa shape index (κ1) is 16.2. The van der Waals surface area contributed by atoms with Gasteiger partial charge in [-0.05, 0) is 18.1 Å². The monoisotopic (exact) mass is 312 g/mol. The molecule has 0 aliphatic carbocycles. The van der Waals surface area contributed by atoms with E-state index in [9.17, 15) is 4.79 Å². The number of amides is 1. The van der Waals surface area contributed by atoms with Gasteiger partial charge in [0, 0.05) is 37.9 Å². The molecule has 1 fully saturated rings. The lowest BCUT2D eigenvalue weighted by atomic mass is 10.0. The van der Waals surface area contributed by atoms with E-state index in [1.807, 2.05) is 13.8 Å². The first-order valence-corrected chi connectivity index (χ1v) is 7.42. The molecule has 0 aromatic carbocycles. The third kappa shape index (κ3) is 3.93. The summed E-state index contributed by atoms with van der Waals surface area (Å²) in [5.74, 6) is 0.0355. The standard InChI is InChI=1S/C15H21ClN2O3/c1-10(2)12-6-11(7-13(16)18-12)14(19)17-8-15(20-3)4-5-21-9-15/h6-7,10H,4-5,8-9H2,1-3H3,(H,17,19). The molecule has 1 atom stereocenters. The van der Waals surface area contributed by atoms with Gasteiger partial charge in [0.25, 0.3) is 5.91 Å². The van der Waals surface area contributed by atoms with Crippen molar-refractivity contribution in [3.05, 3.63) is 28.5 Å². The van der Waals surface area contributed by atoms with E-state index in [1.165, 1.54) is 0 Å². The lowest BCUT2D eigenvalue weighted by Gasteiger charge is -2.25. The zero-order chi connectivity index (χ0) is 15.5. The molecular formula is C15H21ClN2O3. The van der Waals surface area contributed by atoms with E-state index in [4.69, 9.17) is 21.1 Å². The number of methoxy groups -OCH3 is 1. The highest BCUT2D eigenvalue weighted by Crippen LogP contribution is 2.22. The first-order valence-electron chi connectivity index (χ1n) is 7.04. The molecule has 0 spiro atoms. The minimum Gasteiger partial charge on any atom is -0.378 e. The largest absolute Gasteiger partial charge is 0.378 e. The summed E-state index contributed by atoms with van der Waals surface area (Å²) in [6.07, 6.45) is 0.776. The van der Waals surface area contributed by atoms with Crippen LogP contribution in [0.5, 0.6) is 0 Å². The Morgan fingerprint density at radius 2 is 2.33 bits per heavy atom. The number of aromatic nitrogens is 1. The highest BCUT2D eigenvalue weighted by molar-refractivity contribution is 6.29. The molecule has 1 N–H and O–H groups in total. The van der Waals surface area contributed by atoms with Crippen molar-refractivity contribution in [2.75, 3.05) is 26.9 Å². The Balaban J connectivity index is 2.06. The molecule has 1 amide bonds. The smallest absolute Gasteiger partial charge is 0.251 e. The van der Waals surface area contributed by atoms with Gasteiger partial charge < -0.3 is 14.8 Å². The number of hydrogen-bond acceptors (Lipinski definition) is 4. The molecule has 1 aromatic rings. The highest BCUT2D eigenvalue weighted by atomic mass is 35.5. The van der Waals surface area contributed by atoms with Gasteiger partial charge >= 0.3 is 0 Å². The van der Waals surface area contributed by atoms with Gasteiger partial charge in [0.2, 0.25) is 0 Å². The van der Waals surface area contributed by atoms with Crippen molar-refractivity contribution < 1.29 is 14.3 Å². The van der Waals surface area contributed by atoms with Gasteiger partial charge in [-0.3, -0.25) is 4.79 Å². The predicted octanol–water partition coefficient (Wildman–Crippen LogP) is 2.39. The summed E-state index contributed by atoms with van der Waals surface area (Å²) in [5.41, 5.74) is 0.898. The summed E-state index contributed by atoms with van der Waals surface area (Å²) in [6.45, 7) is 5.59. The molecule has 6 heteroatoms. The number of rotatable bonds is 5. The molecule has 0 saturated carbocycles. The zero-order valence-electron chi connectivity index (χ0n) is 12.6. The SMILES string of the molecule is COC1(CNC(=O)c2cc(Cl)nc(C(C)C)c2)CCOC1. The number of carbonyl (C=O) groups excluding carboxylic acids is 1. The molecule has 1 aromatic heterocycles. The molecule has 2 heterocycles. The lowest BCUT2D eigenvalue weighted by Crippen LogP contribution is -2.45. The van der Waals surface area contributed by atoms with Gasteiger partial charge in [-0.2, -0.15) is 0 Å². The van der Waals surface area contributed by atoms with E-state index in [2.05, 4.69) is 10.3 Å². The van der Waals surface area contributed by atoms with Crippen molar-refractivity contribution in [2.45, 2.75) is 31.8 Å². The Morgan fingerprint density at radius 3 is 2.90 bits per heavy atom. The predicted molar refractivity (Wildman–Crippen MR) is 80.8 cm³/mol. The van der Waals surface area contributed by atoms with Crippen LogP contribution in [0.1, 0.15) is 42.2 Å². The van der Waals surface area contributed by atoms with Crippen LogP contribution < -0.4 is 5.32 Å². The summed E-state index contributed by atoms with van der Waals surface area (Å²) < 4.78 is 10.8. The van der Waals surface area contributed by atoms with Crippen LogP contribution in [0.15, 0.2) is 12.1 Å². The molecule has 2 rings (SSSR count). The second-order valence-electron chi connectivity index (χ2n) is 5.63. The Kier molecular flexibility index (Phi) is 5.19. The molecule has 1 aliphatic heterocycles. The Hall–Kier alpha value is -1.17. The number of hydrogen-bond donors (Lipinski definition) is 1. The number of carbonyl (C=O) groups is 1. The number of halogens is 1. The van der Waals surface area contributed by atoms with Crippen molar-refractivity contribution in [1.29, 1.82) is 0 Å². The van der Waals surface area contributed by atoms with E-state index in [1.54, 1.807) is 19.2 Å². The van der Waals surface area contributed by atoms with Crippen molar-refractivity contribution in [3.8, 4) is 0 Å². The van der Waals surface area contributed by atoms with E-state index in [-0.39, 0.29) is 11.8 Å². The van der Waals surface area contributed by atoms with E-state index in [0.29, 0.717) is 30.5 Å². The molecule has 116 valence electrons. The molecule has 0 radical (unpaired) electrons. The van der Waals surface area contributed by atoms with Crippen LogP contribution in [0.2, 0.25) is 5.15 Å². The normalized spacial score (nSPS) is 21.8. The van der Waals surface area contributed by atoms with Gasteiger partial charge in [-0.15, -0.1) is 0 Å². The molecule has 1 aliphatic rings. The molecule has 21 heavy (non-hydrogen) atoms. The van der Waals surface area contributed by atoms with Crippen molar-refractivity contribution >= 4 is 17.5 Å². The quantitative estimate of drug-likeness (QED) is 0.848. The topological polar surface area (TPSA) is 60.5 Å². The molecule has 5 nitrogen and oxygen atoms in total. The fourth-order valence-electron chi connectivity index (χ4n) is 2.25. The number of pyridine rings is 1. The molecule has 1 saturated heterocycles. The van der Waals surface area contributed by atoms with Gasteiger partial charge in [0.1, 0.15) is 10.8 Å². The molecule has 1 unspecified atom stereocenters. The summed E-state index contributed by atoms with van der Waals surface area (Å²) in [7, 11) is 1.64. The van der Waals surface area contributed by atoms with Crippen LogP contribution in [-0.2, 0) is 9.47 Å². The maximum atomic E-state index is 12.3.